The van der Waals surface area contributed by atoms with E-state index < -0.39 is 0 Å². The molecule has 1 saturated carbocycles. The van der Waals surface area contributed by atoms with Crippen molar-refractivity contribution in [2.75, 3.05) is 13.7 Å². The van der Waals surface area contributed by atoms with Gasteiger partial charge in [-0.25, -0.2) is 0 Å². The molecule has 1 aliphatic rings. The summed E-state index contributed by atoms with van der Waals surface area (Å²) in [5.41, 5.74) is 7.66. The molecule has 0 bridgehead atoms. The molecule has 0 saturated heterocycles. The number of ketones is 1. The molecule has 23 heavy (non-hydrogen) atoms. The van der Waals surface area contributed by atoms with Gasteiger partial charge in [-0.15, -0.1) is 0 Å². The molecule has 1 aromatic carbocycles. The highest BCUT2D eigenvalue weighted by molar-refractivity contribution is 5.97. The van der Waals surface area contributed by atoms with Crippen LogP contribution in [0, 0.1) is 11.8 Å². The molecule has 126 valence electrons. The SMILES string of the molecule is COC(=O)CCCc1ccc(C(=O)C2CCC(CN)CC2)cc1. The van der Waals surface area contributed by atoms with Crippen LogP contribution in [0.4, 0.5) is 0 Å². The Labute approximate surface area is 138 Å². The molecule has 0 heterocycles. The van der Waals surface area contributed by atoms with Gasteiger partial charge < -0.3 is 10.5 Å². The highest BCUT2D eigenvalue weighted by Gasteiger charge is 2.26. The van der Waals surface area contributed by atoms with E-state index in [1.54, 1.807) is 0 Å². The number of methoxy groups -OCH3 is 1. The summed E-state index contributed by atoms with van der Waals surface area (Å²) in [6.45, 7) is 0.737. The maximum atomic E-state index is 12.6. The fraction of sp³-hybridized carbons (Fsp3) is 0.579. The van der Waals surface area contributed by atoms with Crippen LogP contribution in [0.5, 0.6) is 0 Å². The summed E-state index contributed by atoms with van der Waals surface area (Å²) < 4.78 is 4.63. The molecule has 1 aliphatic carbocycles. The second kappa shape index (κ2) is 8.82. The Kier molecular flexibility index (Phi) is 6.78. The van der Waals surface area contributed by atoms with Gasteiger partial charge in [0.1, 0.15) is 0 Å². The molecule has 4 heteroatoms. The third-order valence-electron chi connectivity index (χ3n) is 4.86. The van der Waals surface area contributed by atoms with Gasteiger partial charge in [-0.3, -0.25) is 9.59 Å². The standard InChI is InChI=1S/C19H27NO3/c1-23-18(21)4-2-3-14-5-9-16(10-6-14)19(22)17-11-7-15(13-20)8-12-17/h5-6,9-10,15,17H,2-4,7-8,11-13,20H2,1H3. The third-order valence-corrected chi connectivity index (χ3v) is 4.86. The van der Waals surface area contributed by atoms with E-state index in [4.69, 9.17) is 5.73 Å². The lowest BCUT2D eigenvalue weighted by molar-refractivity contribution is -0.140. The summed E-state index contributed by atoms with van der Waals surface area (Å²) in [4.78, 5) is 23.6. The van der Waals surface area contributed by atoms with Gasteiger partial charge in [0.2, 0.25) is 0 Å². The van der Waals surface area contributed by atoms with Crippen LogP contribution >= 0.6 is 0 Å². The van der Waals surface area contributed by atoms with Crippen LogP contribution in [0.15, 0.2) is 24.3 Å². The first kappa shape index (κ1) is 17.7. The average Bonchev–Trinajstić information content (AvgIpc) is 2.61. The zero-order chi connectivity index (χ0) is 16.7. The molecule has 4 nitrogen and oxygen atoms in total. The number of nitrogens with two attached hydrogens (primary N) is 1. The summed E-state index contributed by atoms with van der Waals surface area (Å²) in [7, 11) is 1.41. The van der Waals surface area contributed by atoms with Crippen LogP contribution in [0.2, 0.25) is 0 Å². The van der Waals surface area contributed by atoms with Crippen molar-refractivity contribution in [3.63, 3.8) is 0 Å². The quantitative estimate of drug-likeness (QED) is 0.619. The van der Waals surface area contributed by atoms with Gasteiger partial charge in [0.05, 0.1) is 7.11 Å². The number of carbonyl (C=O) groups is 2. The van der Waals surface area contributed by atoms with Gasteiger partial charge in [0.15, 0.2) is 5.78 Å². The first-order valence-corrected chi connectivity index (χ1v) is 8.54. The number of rotatable bonds is 7. The van der Waals surface area contributed by atoms with Gasteiger partial charge in [0, 0.05) is 17.9 Å². The number of hydrogen-bond donors (Lipinski definition) is 1. The largest absolute Gasteiger partial charge is 0.469 e. The molecule has 0 spiro atoms. The van der Waals surface area contributed by atoms with Crippen LogP contribution < -0.4 is 5.73 Å². The van der Waals surface area contributed by atoms with Gasteiger partial charge in [-0.2, -0.15) is 0 Å². The molecule has 2 N–H and O–H groups in total. The van der Waals surface area contributed by atoms with Crippen molar-refractivity contribution >= 4 is 11.8 Å². The Bertz CT molecular complexity index is 516. The maximum absolute atomic E-state index is 12.6. The smallest absolute Gasteiger partial charge is 0.305 e. The monoisotopic (exact) mass is 317 g/mol. The highest BCUT2D eigenvalue weighted by Crippen LogP contribution is 2.30. The van der Waals surface area contributed by atoms with Crippen molar-refractivity contribution in [3.05, 3.63) is 35.4 Å². The number of aryl methyl sites for hydroxylation is 1. The second-order valence-corrected chi connectivity index (χ2v) is 6.44. The predicted molar refractivity (Wildman–Crippen MR) is 90.2 cm³/mol. The first-order chi connectivity index (χ1) is 11.1. The fourth-order valence-corrected chi connectivity index (χ4v) is 3.27. The molecule has 0 aliphatic heterocycles. The van der Waals surface area contributed by atoms with Crippen molar-refractivity contribution in [1.82, 2.24) is 0 Å². The molecular formula is C19H27NO3. The number of esters is 1. The Morgan fingerprint density at radius 3 is 2.35 bits per heavy atom. The van der Waals surface area contributed by atoms with Gasteiger partial charge in [0.25, 0.3) is 0 Å². The summed E-state index contributed by atoms with van der Waals surface area (Å²) in [6.07, 6.45) is 6.08. The Balaban J connectivity index is 1.84. The predicted octanol–water partition coefficient (Wildman–Crippen LogP) is 3.13. The third kappa shape index (κ3) is 5.17. The molecule has 1 aromatic rings. The van der Waals surface area contributed by atoms with E-state index in [0.29, 0.717) is 12.3 Å². The fourth-order valence-electron chi connectivity index (χ4n) is 3.27. The summed E-state index contributed by atoms with van der Waals surface area (Å²) >= 11 is 0. The summed E-state index contributed by atoms with van der Waals surface area (Å²) in [5.74, 6) is 0.839. The van der Waals surface area contributed by atoms with Crippen LogP contribution in [0.1, 0.15) is 54.4 Å². The molecule has 0 aromatic heterocycles. The van der Waals surface area contributed by atoms with E-state index in [2.05, 4.69) is 4.74 Å². The average molecular weight is 317 g/mol. The number of Topliss-reactive ketones (excluding diaryl/α,β-unsaturated/α-hetero) is 1. The molecule has 2 rings (SSSR count). The van der Waals surface area contributed by atoms with Gasteiger partial charge in [-0.1, -0.05) is 24.3 Å². The lowest BCUT2D eigenvalue weighted by atomic mass is 9.78. The van der Waals surface area contributed by atoms with Crippen molar-refractivity contribution in [1.29, 1.82) is 0 Å². The van der Waals surface area contributed by atoms with Crippen LogP contribution in [-0.2, 0) is 16.0 Å². The highest BCUT2D eigenvalue weighted by atomic mass is 16.5. The number of carbonyl (C=O) groups excluding carboxylic acids is 2. The Morgan fingerprint density at radius 1 is 1.13 bits per heavy atom. The van der Waals surface area contributed by atoms with E-state index in [9.17, 15) is 9.59 Å². The van der Waals surface area contributed by atoms with Crippen molar-refractivity contribution in [2.24, 2.45) is 17.6 Å². The van der Waals surface area contributed by atoms with Gasteiger partial charge >= 0.3 is 5.97 Å². The van der Waals surface area contributed by atoms with E-state index in [-0.39, 0.29) is 17.7 Å². The Hall–Kier alpha value is -1.68. The minimum absolute atomic E-state index is 0.156. The number of ether oxygens (including phenoxy) is 1. The maximum Gasteiger partial charge on any atom is 0.305 e. The molecule has 0 radical (unpaired) electrons. The molecule has 0 amide bonds. The lowest BCUT2D eigenvalue weighted by Crippen LogP contribution is -2.25. The minimum atomic E-state index is -0.176. The molecular weight excluding hydrogens is 290 g/mol. The van der Waals surface area contributed by atoms with E-state index in [1.165, 1.54) is 7.11 Å². The van der Waals surface area contributed by atoms with Crippen LogP contribution in [0.3, 0.4) is 0 Å². The van der Waals surface area contributed by atoms with Crippen molar-refractivity contribution < 1.29 is 14.3 Å². The van der Waals surface area contributed by atoms with Crippen molar-refractivity contribution in [3.8, 4) is 0 Å². The first-order valence-electron chi connectivity index (χ1n) is 8.54. The zero-order valence-corrected chi connectivity index (χ0v) is 13.9. The van der Waals surface area contributed by atoms with E-state index in [1.807, 2.05) is 24.3 Å². The van der Waals surface area contributed by atoms with Crippen molar-refractivity contribution in [2.45, 2.75) is 44.9 Å². The minimum Gasteiger partial charge on any atom is -0.469 e. The summed E-state index contributed by atoms with van der Waals surface area (Å²) in [5, 5.41) is 0. The lowest BCUT2D eigenvalue weighted by Gasteiger charge is -2.26. The van der Waals surface area contributed by atoms with E-state index in [0.717, 1.165) is 56.2 Å². The second-order valence-electron chi connectivity index (χ2n) is 6.44. The molecule has 0 atom stereocenters. The molecule has 0 unspecified atom stereocenters. The topological polar surface area (TPSA) is 69.4 Å². The van der Waals surface area contributed by atoms with Gasteiger partial charge in [-0.05, 0) is 56.6 Å². The summed E-state index contributed by atoms with van der Waals surface area (Å²) in [6, 6.07) is 7.84. The van der Waals surface area contributed by atoms with Crippen LogP contribution in [-0.4, -0.2) is 25.4 Å². The number of benzene rings is 1. The van der Waals surface area contributed by atoms with Crippen LogP contribution in [0.25, 0.3) is 0 Å². The van der Waals surface area contributed by atoms with E-state index >= 15 is 0 Å². The Morgan fingerprint density at radius 2 is 1.78 bits per heavy atom. The molecule has 1 fully saturated rings. The zero-order valence-electron chi connectivity index (χ0n) is 13.9. The normalized spacial score (nSPS) is 21.0. The number of hydrogen-bond acceptors (Lipinski definition) is 4.